The highest BCUT2D eigenvalue weighted by atomic mass is 35.5. The summed E-state index contributed by atoms with van der Waals surface area (Å²) in [6.45, 7) is -0.220. The molecule has 0 fully saturated rings. The molecule has 0 heterocycles. The SMILES string of the molecule is O=C(Nc1cc(F)cc(Cl)c1)c1ccc(C#CCO)cc1. The second-order valence-electron chi connectivity index (χ2n) is 4.15. The lowest BCUT2D eigenvalue weighted by Gasteiger charge is -2.06. The number of benzene rings is 2. The van der Waals surface area contributed by atoms with Crippen LogP contribution >= 0.6 is 11.6 Å². The molecule has 2 N–H and O–H groups in total. The van der Waals surface area contributed by atoms with Crippen molar-refractivity contribution in [2.45, 2.75) is 0 Å². The molecule has 0 aromatic heterocycles. The second kappa shape index (κ2) is 6.89. The Morgan fingerprint density at radius 3 is 2.57 bits per heavy atom. The molecule has 0 unspecified atom stereocenters. The molecular formula is C16H11ClFNO2. The number of aliphatic hydroxyl groups excluding tert-OH is 1. The largest absolute Gasteiger partial charge is 0.384 e. The third kappa shape index (κ3) is 4.32. The summed E-state index contributed by atoms with van der Waals surface area (Å²) in [4.78, 5) is 12.0. The monoisotopic (exact) mass is 303 g/mol. The zero-order valence-corrected chi connectivity index (χ0v) is 11.6. The van der Waals surface area contributed by atoms with Crippen LogP contribution < -0.4 is 5.32 Å². The van der Waals surface area contributed by atoms with Gasteiger partial charge in [0.15, 0.2) is 0 Å². The average Bonchev–Trinajstić information content (AvgIpc) is 2.44. The first-order chi connectivity index (χ1) is 10.1. The van der Waals surface area contributed by atoms with Crippen LogP contribution in [0.25, 0.3) is 0 Å². The van der Waals surface area contributed by atoms with Crippen LogP contribution in [0.3, 0.4) is 0 Å². The minimum absolute atomic E-state index is 0.208. The van der Waals surface area contributed by atoms with Gasteiger partial charge in [0.25, 0.3) is 5.91 Å². The number of hydrogen-bond acceptors (Lipinski definition) is 2. The van der Waals surface area contributed by atoms with E-state index in [0.717, 1.165) is 6.07 Å². The summed E-state index contributed by atoms with van der Waals surface area (Å²) < 4.78 is 13.2. The summed E-state index contributed by atoms with van der Waals surface area (Å²) in [7, 11) is 0. The fraction of sp³-hybridized carbons (Fsp3) is 0.0625. The minimum Gasteiger partial charge on any atom is -0.384 e. The molecule has 0 aliphatic carbocycles. The lowest BCUT2D eigenvalue weighted by Crippen LogP contribution is -2.11. The molecule has 2 rings (SSSR count). The number of carbonyl (C=O) groups is 1. The Morgan fingerprint density at radius 1 is 1.24 bits per heavy atom. The Balaban J connectivity index is 2.13. The predicted molar refractivity (Wildman–Crippen MR) is 79.8 cm³/mol. The number of nitrogens with one attached hydrogen (secondary N) is 1. The second-order valence-corrected chi connectivity index (χ2v) is 4.59. The van der Waals surface area contributed by atoms with Crippen LogP contribution in [0.4, 0.5) is 10.1 Å². The van der Waals surface area contributed by atoms with E-state index >= 15 is 0 Å². The number of amides is 1. The molecule has 0 saturated heterocycles. The zero-order valence-electron chi connectivity index (χ0n) is 10.9. The highest BCUT2D eigenvalue weighted by molar-refractivity contribution is 6.31. The molecule has 0 aliphatic heterocycles. The van der Waals surface area contributed by atoms with Crippen LogP contribution in [0.15, 0.2) is 42.5 Å². The van der Waals surface area contributed by atoms with Gasteiger partial charge in [0.05, 0.1) is 0 Å². The van der Waals surface area contributed by atoms with Gasteiger partial charge in [0.1, 0.15) is 12.4 Å². The van der Waals surface area contributed by atoms with Gasteiger partial charge in [-0.25, -0.2) is 4.39 Å². The Hall–Kier alpha value is -2.35. The van der Waals surface area contributed by atoms with Crippen molar-refractivity contribution in [2.75, 3.05) is 11.9 Å². The van der Waals surface area contributed by atoms with Gasteiger partial charge in [0, 0.05) is 21.8 Å². The van der Waals surface area contributed by atoms with Gasteiger partial charge in [0.2, 0.25) is 0 Å². The fourth-order valence-electron chi connectivity index (χ4n) is 1.68. The molecule has 21 heavy (non-hydrogen) atoms. The molecule has 0 bridgehead atoms. The first-order valence-corrected chi connectivity index (χ1v) is 6.43. The topological polar surface area (TPSA) is 49.3 Å². The lowest BCUT2D eigenvalue weighted by atomic mass is 10.1. The molecule has 2 aromatic carbocycles. The number of carbonyl (C=O) groups excluding carboxylic acids is 1. The molecule has 106 valence electrons. The number of aliphatic hydroxyl groups is 1. The summed E-state index contributed by atoms with van der Waals surface area (Å²) >= 11 is 5.72. The number of halogens is 2. The van der Waals surface area contributed by atoms with Crippen molar-refractivity contribution in [1.29, 1.82) is 0 Å². The maximum absolute atomic E-state index is 13.2. The third-order valence-electron chi connectivity index (χ3n) is 2.58. The van der Waals surface area contributed by atoms with Crippen molar-refractivity contribution in [3.63, 3.8) is 0 Å². The zero-order chi connectivity index (χ0) is 15.2. The van der Waals surface area contributed by atoms with Gasteiger partial charge in [-0.3, -0.25) is 4.79 Å². The molecule has 0 spiro atoms. The van der Waals surface area contributed by atoms with Gasteiger partial charge in [-0.2, -0.15) is 0 Å². The molecule has 0 radical (unpaired) electrons. The van der Waals surface area contributed by atoms with E-state index in [1.54, 1.807) is 24.3 Å². The quantitative estimate of drug-likeness (QED) is 0.838. The summed E-state index contributed by atoms with van der Waals surface area (Å²) in [5.41, 5.74) is 1.38. The van der Waals surface area contributed by atoms with E-state index in [4.69, 9.17) is 16.7 Å². The van der Waals surface area contributed by atoms with E-state index in [2.05, 4.69) is 17.2 Å². The lowest BCUT2D eigenvalue weighted by molar-refractivity contribution is 0.102. The van der Waals surface area contributed by atoms with Gasteiger partial charge < -0.3 is 10.4 Å². The van der Waals surface area contributed by atoms with Crippen LogP contribution in [0.2, 0.25) is 5.02 Å². The number of rotatable bonds is 2. The van der Waals surface area contributed by atoms with E-state index in [-0.39, 0.29) is 23.2 Å². The average molecular weight is 304 g/mol. The highest BCUT2D eigenvalue weighted by Crippen LogP contribution is 2.18. The Morgan fingerprint density at radius 2 is 1.95 bits per heavy atom. The van der Waals surface area contributed by atoms with E-state index < -0.39 is 5.82 Å². The summed E-state index contributed by atoms with van der Waals surface area (Å²) in [5, 5.41) is 11.4. The van der Waals surface area contributed by atoms with Crippen molar-refractivity contribution in [2.24, 2.45) is 0 Å². The van der Waals surface area contributed by atoms with Crippen LogP contribution in [0.5, 0.6) is 0 Å². The molecular weight excluding hydrogens is 293 g/mol. The van der Waals surface area contributed by atoms with Crippen molar-refractivity contribution < 1.29 is 14.3 Å². The Kier molecular flexibility index (Phi) is 4.94. The smallest absolute Gasteiger partial charge is 0.255 e. The molecule has 0 atom stereocenters. The van der Waals surface area contributed by atoms with Crippen molar-refractivity contribution in [1.82, 2.24) is 0 Å². The Bertz CT molecular complexity index is 697. The van der Waals surface area contributed by atoms with Crippen molar-refractivity contribution in [3.05, 3.63) is 64.4 Å². The van der Waals surface area contributed by atoms with Crippen LogP contribution in [0.1, 0.15) is 15.9 Å². The maximum atomic E-state index is 13.2. The van der Waals surface area contributed by atoms with Crippen molar-refractivity contribution in [3.8, 4) is 11.8 Å². The molecule has 1 amide bonds. The van der Waals surface area contributed by atoms with Gasteiger partial charge in [-0.15, -0.1) is 0 Å². The van der Waals surface area contributed by atoms with Crippen LogP contribution in [-0.4, -0.2) is 17.6 Å². The number of hydrogen-bond donors (Lipinski definition) is 2. The van der Waals surface area contributed by atoms with Crippen LogP contribution in [0, 0.1) is 17.7 Å². The molecule has 3 nitrogen and oxygen atoms in total. The van der Waals surface area contributed by atoms with Gasteiger partial charge in [-0.05, 0) is 42.5 Å². The summed E-state index contributed by atoms with van der Waals surface area (Å²) in [6, 6.07) is 10.3. The van der Waals surface area contributed by atoms with E-state index in [0.29, 0.717) is 11.1 Å². The molecule has 0 saturated carbocycles. The summed E-state index contributed by atoms with van der Waals surface area (Å²) in [6.07, 6.45) is 0. The maximum Gasteiger partial charge on any atom is 0.255 e. The first-order valence-electron chi connectivity index (χ1n) is 6.06. The third-order valence-corrected chi connectivity index (χ3v) is 2.80. The van der Waals surface area contributed by atoms with Crippen molar-refractivity contribution >= 4 is 23.2 Å². The number of anilines is 1. The fourth-order valence-corrected chi connectivity index (χ4v) is 1.90. The first kappa shape index (κ1) is 15.0. The predicted octanol–water partition coefficient (Wildman–Crippen LogP) is 3.08. The van der Waals surface area contributed by atoms with Gasteiger partial charge in [-0.1, -0.05) is 23.4 Å². The molecule has 5 heteroatoms. The van der Waals surface area contributed by atoms with Crippen LogP contribution in [-0.2, 0) is 0 Å². The van der Waals surface area contributed by atoms with E-state index in [1.165, 1.54) is 12.1 Å². The minimum atomic E-state index is -0.521. The van der Waals surface area contributed by atoms with E-state index in [1.807, 2.05) is 0 Å². The molecule has 2 aromatic rings. The molecule has 0 aliphatic rings. The highest BCUT2D eigenvalue weighted by Gasteiger charge is 2.07. The van der Waals surface area contributed by atoms with Gasteiger partial charge >= 0.3 is 0 Å². The van der Waals surface area contributed by atoms with E-state index in [9.17, 15) is 9.18 Å². The Labute approximate surface area is 126 Å². The standard InChI is InChI=1S/C16H11ClFNO2/c17-13-8-14(18)10-15(9-13)19-16(21)12-5-3-11(4-6-12)2-1-7-20/h3-6,8-10,20H,7H2,(H,19,21). The normalized spacial score (nSPS) is 9.67. The summed E-state index contributed by atoms with van der Waals surface area (Å²) in [5.74, 6) is 4.34.